The fourth-order valence-electron chi connectivity index (χ4n) is 2.13. The first-order chi connectivity index (χ1) is 8.25. The second-order valence-electron chi connectivity index (χ2n) is 4.55. The fraction of sp³-hybridized carbons (Fsp3) is 0.500. The summed E-state index contributed by atoms with van der Waals surface area (Å²) in [5.41, 5.74) is 2.64. The van der Waals surface area contributed by atoms with Gasteiger partial charge in [0.25, 0.3) is 0 Å². The van der Waals surface area contributed by atoms with E-state index in [0.717, 1.165) is 29.0 Å². The van der Waals surface area contributed by atoms with Gasteiger partial charge in [-0.15, -0.1) is 0 Å². The Morgan fingerprint density at radius 1 is 1.35 bits per heavy atom. The van der Waals surface area contributed by atoms with Crippen LogP contribution in [0.1, 0.15) is 37.8 Å². The van der Waals surface area contributed by atoms with Gasteiger partial charge in [0.1, 0.15) is 5.82 Å². The summed E-state index contributed by atoms with van der Waals surface area (Å²) in [6, 6.07) is 4.07. The van der Waals surface area contributed by atoms with Gasteiger partial charge < -0.3 is 5.32 Å². The first kappa shape index (κ1) is 12.6. The molecule has 1 N–H and O–H groups in total. The highest BCUT2D eigenvalue weighted by molar-refractivity contribution is 9.10. The Kier molecular flexibility index (Phi) is 4.60. The highest BCUT2D eigenvalue weighted by Gasteiger charge is 2.03. The standard InChI is InChI=1S/C14H19BrN2/c1-11-13(15)7-8-14(17-11)16-10-9-12-5-3-2-4-6-12/h5,7-8H,2-4,6,9-10H2,1H3,(H,16,17). The van der Waals surface area contributed by atoms with Gasteiger partial charge in [-0.1, -0.05) is 11.6 Å². The van der Waals surface area contributed by atoms with Crippen molar-refractivity contribution >= 4 is 21.7 Å². The van der Waals surface area contributed by atoms with Crippen LogP contribution in [0.5, 0.6) is 0 Å². The maximum absolute atomic E-state index is 4.48. The van der Waals surface area contributed by atoms with Gasteiger partial charge in [-0.05, 0) is 67.1 Å². The Morgan fingerprint density at radius 3 is 2.94 bits per heavy atom. The van der Waals surface area contributed by atoms with Crippen molar-refractivity contribution in [2.24, 2.45) is 0 Å². The first-order valence-electron chi connectivity index (χ1n) is 6.30. The highest BCUT2D eigenvalue weighted by Crippen LogP contribution is 2.20. The third-order valence-corrected chi connectivity index (χ3v) is 4.00. The molecule has 0 saturated heterocycles. The minimum Gasteiger partial charge on any atom is -0.370 e. The van der Waals surface area contributed by atoms with E-state index in [1.54, 1.807) is 5.57 Å². The summed E-state index contributed by atoms with van der Waals surface area (Å²) in [5, 5.41) is 3.39. The molecule has 1 aromatic heterocycles. The number of aryl methyl sites for hydroxylation is 1. The molecule has 1 aliphatic rings. The number of nitrogens with one attached hydrogen (secondary N) is 1. The van der Waals surface area contributed by atoms with Gasteiger partial charge in [-0.25, -0.2) is 4.98 Å². The number of aromatic nitrogens is 1. The summed E-state index contributed by atoms with van der Waals surface area (Å²) in [4.78, 5) is 4.48. The van der Waals surface area contributed by atoms with Crippen molar-refractivity contribution in [2.45, 2.75) is 39.0 Å². The van der Waals surface area contributed by atoms with Gasteiger partial charge in [0.05, 0.1) is 5.69 Å². The molecule has 0 fully saturated rings. The number of rotatable bonds is 4. The zero-order chi connectivity index (χ0) is 12.1. The van der Waals surface area contributed by atoms with E-state index in [0.29, 0.717) is 0 Å². The normalized spacial score (nSPS) is 15.5. The molecule has 0 aliphatic heterocycles. The number of nitrogens with zero attached hydrogens (tertiary/aromatic N) is 1. The molecule has 0 saturated carbocycles. The molecule has 0 atom stereocenters. The van der Waals surface area contributed by atoms with Crippen LogP contribution in [-0.4, -0.2) is 11.5 Å². The molecule has 2 rings (SSSR count). The maximum Gasteiger partial charge on any atom is 0.126 e. The lowest BCUT2D eigenvalue weighted by atomic mass is 9.97. The monoisotopic (exact) mass is 294 g/mol. The van der Waals surface area contributed by atoms with E-state index in [2.05, 4.69) is 32.3 Å². The van der Waals surface area contributed by atoms with E-state index in [1.807, 2.05) is 19.1 Å². The molecule has 0 radical (unpaired) electrons. The molecule has 1 aromatic rings. The molecule has 0 aromatic carbocycles. The quantitative estimate of drug-likeness (QED) is 0.830. The Hall–Kier alpha value is -0.830. The van der Waals surface area contributed by atoms with Crippen LogP contribution in [0.25, 0.3) is 0 Å². The molecule has 2 nitrogen and oxygen atoms in total. The number of halogens is 1. The molecule has 1 aliphatic carbocycles. The molecule has 3 heteroatoms. The lowest BCUT2D eigenvalue weighted by Gasteiger charge is -2.13. The lowest BCUT2D eigenvalue weighted by Crippen LogP contribution is -2.06. The Balaban J connectivity index is 1.81. The van der Waals surface area contributed by atoms with Gasteiger partial charge in [0.15, 0.2) is 0 Å². The molecule has 0 amide bonds. The summed E-state index contributed by atoms with van der Waals surface area (Å²) in [7, 11) is 0. The molecular formula is C14H19BrN2. The van der Waals surface area contributed by atoms with Crippen molar-refractivity contribution in [2.75, 3.05) is 11.9 Å². The van der Waals surface area contributed by atoms with Crippen LogP contribution < -0.4 is 5.32 Å². The average Bonchev–Trinajstić information content (AvgIpc) is 2.35. The first-order valence-corrected chi connectivity index (χ1v) is 7.10. The van der Waals surface area contributed by atoms with E-state index in [9.17, 15) is 0 Å². The van der Waals surface area contributed by atoms with Gasteiger partial charge in [-0.2, -0.15) is 0 Å². The number of pyridine rings is 1. The summed E-state index contributed by atoms with van der Waals surface area (Å²) in [5.74, 6) is 0.974. The molecule has 0 bridgehead atoms. The maximum atomic E-state index is 4.48. The van der Waals surface area contributed by atoms with Crippen LogP contribution in [0.2, 0.25) is 0 Å². The molecular weight excluding hydrogens is 276 g/mol. The van der Waals surface area contributed by atoms with E-state index in [1.165, 1.54) is 25.7 Å². The van der Waals surface area contributed by atoms with Crippen LogP contribution in [0, 0.1) is 6.92 Å². The molecule has 92 valence electrons. The summed E-state index contributed by atoms with van der Waals surface area (Å²) < 4.78 is 1.07. The second kappa shape index (κ2) is 6.20. The SMILES string of the molecule is Cc1nc(NCCC2=CCCCC2)ccc1Br. The predicted octanol–water partition coefficient (Wildman–Crippen LogP) is 4.45. The molecule has 0 spiro atoms. The van der Waals surface area contributed by atoms with Gasteiger partial charge >= 0.3 is 0 Å². The third-order valence-electron chi connectivity index (χ3n) is 3.16. The van der Waals surface area contributed by atoms with Crippen molar-refractivity contribution in [1.82, 2.24) is 4.98 Å². The second-order valence-corrected chi connectivity index (χ2v) is 5.40. The van der Waals surface area contributed by atoms with Crippen molar-refractivity contribution < 1.29 is 0 Å². The molecule has 1 heterocycles. The Labute approximate surface area is 112 Å². The van der Waals surface area contributed by atoms with Crippen molar-refractivity contribution in [3.63, 3.8) is 0 Å². The summed E-state index contributed by atoms with van der Waals surface area (Å²) >= 11 is 3.46. The number of allylic oxidation sites excluding steroid dienone is 1. The minimum atomic E-state index is 0.974. The van der Waals surface area contributed by atoms with E-state index in [4.69, 9.17) is 0 Å². The average molecular weight is 295 g/mol. The van der Waals surface area contributed by atoms with Gasteiger partial charge in [0, 0.05) is 11.0 Å². The predicted molar refractivity (Wildman–Crippen MR) is 76.3 cm³/mol. The van der Waals surface area contributed by atoms with Crippen LogP contribution in [0.15, 0.2) is 28.3 Å². The zero-order valence-corrected chi connectivity index (χ0v) is 11.9. The van der Waals surface area contributed by atoms with E-state index < -0.39 is 0 Å². The Morgan fingerprint density at radius 2 is 2.24 bits per heavy atom. The van der Waals surface area contributed by atoms with Crippen LogP contribution in [-0.2, 0) is 0 Å². The van der Waals surface area contributed by atoms with Crippen molar-refractivity contribution in [3.8, 4) is 0 Å². The van der Waals surface area contributed by atoms with Crippen LogP contribution >= 0.6 is 15.9 Å². The fourth-order valence-corrected chi connectivity index (χ4v) is 2.35. The molecule has 17 heavy (non-hydrogen) atoms. The number of hydrogen-bond acceptors (Lipinski definition) is 2. The zero-order valence-electron chi connectivity index (χ0n) is 10.3. The van der Waals surface area contributed by atoms with Crippen LogP contribution in [0.3, 0.4) is 0 Å². The topological polar surface area (TPSA) is 24.9 Å². The smallest absolute Gasteiger partial charge is 0.126 e. The highest BCUT2D eigenvalue weighted by atomic mass is 79.9. The van der Waals surface area contributed by atoms with Gasteiger partial charge in [0.2, 0.25) is 0 Å². The number of hydrogen-bond donors (Lipinski definition) is 1. The lowest BCUT2D eigenvalue weighted by molar-refractivity contribution is 0.679. The van der Waals surface area contributed by atoms with Crippen molar-refractivity contribution in [1.29, 1.82) is 0 Å². The van der Waals surface area contributed by atoms with E-state index in [-0.39, 0.29) is 0 Å². The molecule has 0 unspecified atom stereocenters. The van der Waals surface area contributed by atoms with Gasteiger partial charge in [-0.3, -0.25) is 0 Å². The van der Waals surface area contributed by atoms with Crippen molar-refractivity contribution in [3.05, 3.63) is 33.9 Å². The summed E-state index contributed by atoms with van der Waals surface area (Å²) in [6.45, 7) is 3.00. The Bertz CT molecular complexity index is 413. The van der Waals surface area contributed by atoms with Crippen LogP contribution in [0.4, 0.5) is 5.82 Å². The largest absolute Gasteiger partial charge is 0.370 e. The van der Waals surface area contributed by atoms with E-state index >= 15 is 0 Å². The minimum absolute atomic E-state index is 0.974. The number of anilines is 1. The third kappa shape index (κ3) is 3.84. The summed E-state index contributed by atoms with van der Waals surface area (Å²) in [6.07, 6.45) is 8.84.